The number of rotatable bonds is 2. The number of halogens is 2. The van der Waals surface area contributed by atoms with E-state index < -0.39 is 24.3 Å². The van der Waals surface area contributed by atoms with Crippen LogP contribution in [0.5, 0.6) is 0 Å². The van der Waals surface area contributed by atoms with Crippen molar-refractivity contribution in [2.45, 2.75) is 32.1 Å². The Labute approximate surface area is 188 Å². The van der Waals surface area contributed by atoms with Gasteiger partial charge in [-0.15, -0.1) is 0 Å². The lowest BCUT2D eigenvalue weighted by Gasteiger charge is -2.39. The molecule has 0 bridgehead atoms. The van der Waals surface area contributed by atoms with Crippen LogP contribution in [-0.2, 0) is 12.2 Å². The lowest BCUT2D eigenvalue weighted by atomic mass is 9.50. The zero-order valence-electron chi connectivity index (χ0n) is 18.0. The average molecular weight is 444 g/mol. The second-order valence-corrected chi connectivity index (χ2v) is 8.83. The predicted octanol–water partition coefficient (Wildman–Crippen LogP) is 3.34. The number of carbonyl (C=O) groups excluding carboxylic acids is 1. The number of hydrogen-bond donors (Lipinski definition) is 1. The Morgan fingerprint density at radius 1 is 1.18 bits per heavy atom. The van der Waals surface area contributed by atoms with Gasteiger partial charge < -0.3 is 14.3 Å². The third-order valence-electron chi connectivity index (χ3n) is 6.66. The van der Waals surface area contributed by atoms with Gasteiger partial charge in [-0.25, -0.2) is 4.39 Å². The van der Waals surface area contributed by atoms with E-state index in [2.05, 4.69) is 10.1 Å². The first-order valence-electron chi connectivity index (χ1n) is 10.7. The zero-order valence-corrected chi connectivity index (χ0v) is 18.0. The topological polar surface area (TPSA) is 71.2 Å². The van der Waals surface area contributed by atoms with E-state index in [1.54, 1.807) is 18.3 Å². The van der Waals surface area contributed by atoms with Crippen LogP contribution in [0.4, 0.5) is 8.71 Å². The van der Waals surface area contributed by atoms with Crippen molar-refractivity contribution < 1.29 is 18.6 Å². The van der Waals surface area contributed by atoms with Crippen molar-refractivity contribution in [1.29, 1.82) is 0 Å². The van der Waals surface area contributed by atoms with E-state index in [0.29, 0.717) is 11.1 Å². The fourth-order valence-electron chi connectivity index (χ4n) is 5.06. The molecular formula is C24H19BF2N4O2. The highest BCUT2D eigenvalue weighted by Crippen LogP contribution is 2.42. The summed E-state index contributed by atoms with van der Waals surface area (Å²) >= 11 is 0. The van der Waals surface area contributed by atoms with Crippen LogP contribution in [0.15, 0.2) is 54.9 Å². The van der Waals surface area contributed by atoms with Crippen LogP contribution in [0.1, 0.15) is 41.5 Å². The Bertz CT molecular complexity index is 1470. The van der Waals surface area contributed by atoms with Gasteiger partial charge in [0.1, 0.15) is 11.5 Å². The first-order chi connectivity index (χ1) is 15.8. The van der Waals surface area contributed by atoms with Crippen LogP contribution < -0.4 is 5.46 Å². The Balaban J connectivity index is 1.54. The lowest BCUT2D eigenvalue weighted by Crippen LogP contribution is -2.62. The number of amides is 1. The number of benzene rings is 2. The molecule has 2 aliphatic heterocycles. The molecule has 0 spiro atoms. The minimum atomic E-state index is -2.28. The third kappa shape index (κ3) is 2.54. The Morgan fingerprint density at radius 2 is 1.97 bits per heavy atom. The van der Waals surface area contributed by atoms with Gasteiger partial charge in [0.25, 0.3) is 5.91 Å². The molecule has 0 fully saturated rings. The molecule has 1 atom stereocenters. The maximum Gasteiger partial charge on any atom is 0.444 e. The zero-order chi connectivity index (χ0) is 23.1. The number of aliphatic hydroxyl groups is 1. The van der Waals surface area contributed by atoms with Crippen LogP contribution in [0.3, 0.4) is 0 Å². The summed E-state index contributed by atoms with van der Waals surface area (Å²) in [5.74, 6) is -1.19. The van der Waals surface area contributed by atoms with Crippen molar-refractivity contribution in [2.75, 3.05) is 0 Å². The van der Waals surface area contributed by atoms with E-state index in [-0.39, 0.29) is 34.9 Å². The van der Waals surface area contributed by atoms with Gasteiger partial charge in [0.2, 0.25) is 0 Å². The molecule has 4 aromatic rings. The number of pyridine rings is 1. The number of aromatic nitrogens is 3. The maximum atomic E-state index is 16.0. The highest BCUT2D eigenvalue weighted by atomic mass is 19.1. The van der Waals surface area contributed by atoms with E-state index in [1.807, 2.05) is 36.7 Å². The Morgan fingerprint density at radius 3 is 2.76 bits per heavy atom. The fourth-order valence-corrected chi connectivity index (χ4v) is 5.06. The smallest absolute Gasteiger partial charge is 0.369 e. The molecule has 2 aromatic carbocycles. The molecule has 1 N–H and O–H groups in total. The molecule has 33 heavy (non-hydrogen) atoms. The van der Waals surface area contributed by atoms with E-state index in [9.17, 15) is 9.90 Å². The van der Waals surface area contributed by atoms with Gasteiger partial charge in [-0.1, -0.05) is 18.2 Å². The largest absolute Gasteiger partial charge is 0.444 e. The highest BCUT2D eigenvalue weighted by molar-refractivity contribution is 6.70. The van der Waals surface area contributed by atoms with Crippen molar-refractivity contribution in [2.24, 2.45) is 0 Å². The number of carbonyl (C=O) groups is 1. The van der Waals surface area contributed by atoms with Gasteiger partial charge >= 0.3 is 6.99 Å². The summed E-state index contributed by atoms with van der Waals surface area (Å²) in [5.41, 5.74) is -0.0390. The molecule has 0 saturated heterocycles. The Hall–Kier alpha value is -3.59. The highest BCUT2D eigenvalue weighted by Gasteiger charge is 2.62. The second-order valence-electron chi connectivity index (χ2n) is 8.83. The number of nitrogens with zero attached hydrogens (tertiary/aromatic N) is 4. The van der Waals surface area contributed by atoms with Crippen molar-refractivity contribution >= 4 is 29.3 Å². The predicted molar refractivity (Wildman–Crippen MR) is 120 cm³/mol. The van der Waals surface area contributed by atoms with Crippen molar-refractivity contribution in [3.8, 4) is 11.1 Å². The molecule has 0 aliphatic carbocycles. The van der Waals surface area contributed by atoms with E-state index in [4.69, 9.17) is 0 Å². The quantitative estimate of drug-likeness (QED) is 0.482. The molecule has 9 heteroatoms. The van der Waals surface area contributed by atoms with Crippen molar-refractivity contribution in [3.63, 3.8) is 0 Å². The van der Waals surface area contributed by atoms with Crippen molar-refractivity contribution in [1.82, 2.24) is 19.7 Å². The molecule has 0 radical (unpaired) electrons. The first-order valence-corrected chi connectivity index (χ1v) is 10.7. The molecule has 1 unspecified atom stereocenters. The first kappa shape index (κ1) is 20.1. The second kappa shape index (κ2) is 6.71. The van der Waals surface area contributed by atoms with Gasteiger partial charge in [0.05, 0.1) is 23.8 Å². The Kier molecular flexibility index (Phi) is 4.08. The molecule has 6 nitrogen and oxygen atoms in total. The van der Waals surface area contributed by atoms with Crippen LogP contribution in [0.2, 0.25) is 0 Å². The molecule has 2 aliphatic rings. The normalized spacial score (nSPS) is 19.3. The summed E-state index contributed by atoms with van der Waals surface area (Å²) in [6.45, 7) is 1.73. The molecule has 6 rings (SSSR count). The standard InChI is InChI=1S/C24H19BF2N4O2/c1-13(2)31-21-7-3-5-15(17(21)11-29-31)14-9-19-18(20(26)10-14)12-30-23(32)16-6-4-8-28-22(16)24(30,33)25(19)27/h3-11,13,33H,12H2,1-2H3. The number of hydrogen-bond acceptors (Lipinski definition) is 4. The van der Waals surface area contributed by atoms with E-state index >= 15 is 8.71 Å². The average Bonchev–Trinajstić information content (AvgIpc) is 3.34. The summed E-state index contributed by atoms with van der Waals surface area (Å²) in [4.78, 5) is 17.9. The molecule has 4 heterocycles. The summed E-state index contributed by atoms with van der Waals surface area (Å²) in [5, 5.41) is 16.6. The number of fused-ring (bicyclic) bond motifs is 5. The van der Waals surface area contributed by atoms with Crippen LogP contribution in [0, 0.1) is 5.82 Å². The SMILES string of the molecule is CC(C)n1ncc2c(-c3cc(F)c4c(c3)B(F)C3(O)c5ncccc5C(=O)N3C4)cccc21. The van der Waals surface area contributed by atoms with E-state index in [0.717, 1.165) is 15.8 Å². The third-order valence-corrected chi connectivity index (χ3v) is 6.66. The fraction of sp³-hybridized carbons (Fsp3) is 0.208. The van der Waals surface area contributed by atoms with Crippen LogP contribution in [0.25, 0.3) is 22.0 Å². The summed E-state index contributed by atoms with van der Waals surface area (Å²) in [6, 6.07) is 11.7. The molecular weight excluding hydrogens is 425 g/mol. The van der Waals surface area contributed by atoms with Gasteiger partial charge in [-0.3, -0.25) is 14.5 Å². The van der Waals surface area contributed by atoms with Gasteiger partial charge in [0.15, 0.2) is 5.62 Å². The summed E-state index contributed by atoms with van der Waals surface area (Å²) < 4.78 is 33.2. The molecule has 164 valence electrons. The lowest BCUT2D eigenvalue weighted by molar-refractivity contribution is -0.0352. The van der Waals surface area contributed by atoms with Crippen LogP contribution >= 0.6 is 0 Å². The maximum absolute atomic E-state index is 16.0. The van der Waals surface area contributed by atoms with Gasteiger partial charge in [-0.05, 0) is 54.7 Å². The molecule has 0 saturated carbocycles. The van der Waals surface area contributed by atoms with Crippen molar-refractivity contribution in [3.05, 3.63) is 77.5 Å². The summed E-state index contributed by atoms with van der Waals surface area (Å²) in [7, 11) is 0. The molecule has 1 amide bonds. The van der Waals surface area contributed by atoms with Gasteiger partial charge in [0, 0.05) is 23.2 Å². The monoisotopic (exact) mass is 444 g/mol. The molecule has 2 aromatic heterocycles. The van der Waals surface area contributed by atoms with Crippen LogP contribution in [-0.4, -0.2) is 37.7 Å². The minimum Gasteiger partial charge on any atom is -0.369 e. The summed E-state index contributed by atoms with van der Waals surface area (Å²) in [6.07, 6.45) is 3.12. The minimum absolute atomic E-state index is 0.0170. The van der Waals surface area contributed by atoms with E-state index in [1.165, 1.54) is 18.3 Å². The van der Waals surface area contributed by atoms with Gasteiger partial charge in [-0.2, -0.15) is 5.10 Å².